The van der Waals surface area contributed by atoms with Gasteiger partial charge in [0.1, 0.15) is 23.7 Å². The Morgan fingerprint density at radius 3 is 2.80 bits per heavy atom. The Labute approximate surface area is 174 Å². The van der Waals surface area contributed by atoms with E-state index >= 15 is 0 Å². The summed E-state index contributed by atoms with van der Waals surface area (Å²) < 4.78 is 47.2. The number of aryl methyl sites for hydroxylation is 1. The van der Waals surface area contributed by atoms with Crippen LogP contribution >= 0.6 is 0 Å². The summed E-state index contributed by atoms with van der Waals surface area (Å²) in [7, 11) is 0. The number of amides is 1. The number of anilines is 2. The van der Waals surface area contributed by atoms with Gasteiger partial charge in [-0.25, -0.2) is 23.1 Å². The molecule has 0 bridgehead atoms. The second-order valence-corrected chi connectivity index (χ2v) is 6.40. The molecule has 3 aromatic rings. The highest BCUT2D eigenvalue weighted by atomic mass is 32.1. The smallest absolute Gasteiger partial charge is 0.258 e. The Hall–Kier alpha value is -3.34. The van der Waals surface area contributed by atoms with Crippen LogP contribution in [0.2, 0.25) is 0 Å². The molecule has 0 saturated heterocycles. The van der Waals surface area contributed by atoms with Crippen LogP contribution in [0.3, 0.4) is 0 Å². The summed E-state index contributed by atoms with van der Waals surface area (Å²) in [6, 6.07) is 7.18. The lowest BCUT2D eigenvalue weighted by Crippen LogP contribution is -2.32. The summed E-state index contributed by atoms with van der Waals surface area (Å²) in [5.41, 5.74) is 2.33. The molecular weight excluding hydrogens is 419 g/mol. The lowest BCUT2D eigenvalue weighted by Gasteiger charge is -2.15. The molecule has 0 fully saturated rings. The number of alkyl halides is 2. The lowest BCUT2D eigenvalue weighted by atomic mass is 10.1. The Morgan fingerprint density at radius 1 is 1.27 bits per heavy atom. The molecule has 7 nitrogen and oxygen atoms in total. The molecule has 2 aromatic carbocycles. The Kier molecular flexibility index (Phi) is 6.72. The standard InChI is InChI=1S/C19H16F3N5O2S/c1-10-4-12(27-30)6-14-18(10)19(25-9-24-14)26-13-3-2-11(20)5-15(13)29-8-17(28)23-7-16(21)22/h2-6,9,16H,7-8H2,1H3,(H,23,28)(H,24,25,26). The number of aromatic nitrogens is 2. The van der Waals surface area contributed by atoms with E-state index in [1.165, 1.54) is 18.5 Å². The van der Waals surface area contributed by atoms with E-state index in [0.717, 1.165) is 11.6 Å². The van der Waals surface area contributed by atoms with E-state index in [4.69, 9.17) is 17.2 Å². The summed E-state index contributed by atoms with van der Waals surface area (Å²) in [5.74, 6) is -0.909. The SMILES string of the molecule is Cc1cc(N=S)cc2ncnc(Nc3ccc(F)cc3OCC(=O)NCC(F)F)c12. The molecule has 1 aromatic heterocycles. The minimum absolute atomic E-state index is 0.0174. The molecule has 0 radical (unpaired) electrons. The first-order valence-corrected chi connectivity index (χ1v) is 9.07. The molecular formula is C19H16F3N5O2S. The van der Waals surface area contributed by atoms with Crippen molar-refractivity contribution in [2.24, 2.45) is 4.36 Å². The number of hydrogen-bond donors (Lipinski definition) is 2. The number of halogens is 3. The van der Waals surface area contributed by atoms with E-state index in [1.807, 2.05) is 12.2 Å². The van der Waals surface area contributed by atoms with Gasteiger partial charge in [-0.15, -0.1) is 0 Å². The number of benzene rings is 2. The van der Waals surface area contributed by atoms with E-state index in [-0.39, 0.29) is 5.75 Å². The van der Waals surface area contributed by atoms with Crippen LogP contribution in [0.5, 0.6) is 5.75 Å². The first-order chi connectivity index (χ1) is 14.4. The molecule has 11 heteroatoms. The fraction of sp³-hybridized carbons (Fsp3) is 0.211. The molecule has 0 unspecified atom stereocenters. The first-order valence-electron chi connectivity index (χ1n) is 8.70. The van der Waals surface area contributed by atoms with Crippen molar-refractivity contribution in [2.75, 3.05) is 18.5 Å². The Bertz CT molecular complexity index is 1100. The number of nitrogens with zero attached hydrogens (tertiary/aromatic N) is 3. The van der Waals surface area contributed by atoms with E-state index in [2.05, 4.69) is 19.6 Å². The minimum atomic E-state index is -2.68. The number of carbonyl (C=O) groups is 1. The highest BCUT2D eigenvalue weighted by Crippen LogP contribution is 2.33. The Balaban J connectivity index is 1.87. The quantitative estimate of drug-likeness (QED) is 0.557. The monoisotopic (exact) mass is 435 g/mol. The van der Waals surface area contributed by atoms with Crippen molar-refractivity contribution in [3.05, 3.63) is 48.0 Å². The van der Waals surface area contributed by atoms with Gasteiger partial charge in [-0.2, -0.15) is 4.36 Å². The summed E-state index contributed by atoms with van der Waals surface area (Å²) in [5, 5.41) is 5.76. The summed E-state index contributed by atoms with van der Waals surface area (Å²) in [6.45, 7) is 0.496. The molecule has 2 N–H and O–H groups in total. The van der Waals surface area contributed by atoms with E-state index in [0.29, 0.717) is 28.1 Å². The van der Waals surface area contributed by atoms with Crippen molar-refractivity contribution in [1.82, 2.24) is 15.3 Å². The third-order valence-electron chi connectivity index (χ3n) is 4.03. The topological polar surface area (TPSA) is 88.5 Å². The number of carbonyl (C=O) groups excluding carboxylic acids is 1. The molecule has 0 aliphatic carbocycles. The van der Waals surface area contributed by atoms with Gasteiger partial charge in [-0.3, -0.25) is 4.79 Å². The van der Waals surface area contributed by atoms with Crippen LogP contribution in [0.4, 0.5) is 30.4 Å². The van der Waals surface area contributed by atoms with Crippen LogP contribution < -0.4 is 15.4 Å². The second-order valence-electron chi connectivity index (χ2n) is 6.22. The molecule has 0 saturated carbocycles. The van der Waals surface area contributed by atoms with Gasteiger partial charge < -0.3 is 15.4 Å². The minimum Gasteiger partial charge on any atom is -0.481 e. The van der Waals surface area contributed by atoms with E-state index < -0.39 is 31.3 Å². The normalized spacial score (nSPS) is 10.8. The van der Waals surface area contributed by atoms with Crippen LogP contribution in [0, 0.1) is 12.7 Å². The van der Waals surface area contributed by atoms with Gasteiger partial charge in [-0.1, -0.05) is 0 Å². The van der Waals surface area contributed by atoms with Gasteiger partial charge in [0.15, 0.2) is 6.61 Å². The zero-order valence-corrected chi connectivity index (χ0v) is 16.5. The zero-order valence-electron chi connectivity index (χ0n) is 15.7. The second kappa shape index (κ2) is 9.44. The average molecular weight is 435 g/mol. The van der Waals surface area contributed by atoms with Crippen LogP contribution in [0.15, 0.2) is 41.0 Å². The maximum atomic E-state index is 13.7. The van der Waals surface area contributed by atoms with Crippen LogP contribution in [-0.2, 0) is 17.2 Å². The van der Waals surface area contributed by atoms with Crippen molar-refractivity contribution in [1.29, 1.82) is 0 Å². The molecule has 0 aliphatic rings. The highest BCUT2D eigenvalue weighted by molar-refractivity contribution is 7.47. The predicted octanol–water partition coefficient (Wildman–Crippen LogP) is 3.94. The van der Waals surface area contributed by atoms with Crippen LogP contribution in [0.1, 0.15) is 5.56 Å². The van der Waals surface area contributed by atoms with Crippen molar-refractivity contribution >= 4 is 46.4 Å². The van der Waals surface area contributed by atoms with Gasteiger partial charge in [0.2, 0.25) is 0 Å². The first kappa shape index (κ1) is 21.4. The van der Waals surface area contributed by atoms with Gasteiger partial charge in [-0.05, 0) is 36.8 Å². The van der Waals surface area contributed by atoms with Crippen molar-refractivity contribution < 1.29 is 22.7 Å². The maximum Gasteiger partial charge on any atom is 0.258 e. The van der Waals surface area contributed by atoms with Gasteiger partial charge in [0, 0.05) is 23.9 Å². The summed E-state index contributed by atoms with van der Waals surface area (Å²) in [4.78, 5) is 20.1. The molecule has 0 aliphatic heterocycles. The van der Waals surface area contributed by atoms with Crippen LogP contribution in [0.25, 0.3) is 10.9 Å². The highest BCUT2D eigenvalue weighted by Gasteiger charge is 2.14. The largest absolute Gasteiger partial charge is 0.481 e. The van der Waals surface area contributed by atoms with E-state index in [1.54, 1.807) is 12.1 Å². The van der Waals surface area contributed by atoms with Crippen LogP contribution in [-0.4, -0.2) is 35.5 Å². The van der Waals surface area contributed by atoms with Crippen molar-refractivity contribution in [3.63, 3.8) is 0 Å². The zero-order chi connectivity index (χ0) is 21.7. The third-order valence-corrected chi connectivity index (χ3v) is 4.25. The third kappa shape index (κ3) is 5.17. The van der Waals surface area contributed by atoms with E-state index in [9.17, 15) is 18.0 Å². The molecule has 0 atom stereocenters. The van der Waals surface area contributed by atoms with Gasteiger partial charge in [0.05, 0.1) is 23.4 Å². The molecule has 30 heavy (non-hydrogen) atoms. The lowest BCUT2D eigenvalue weighted by molar-refractivity contribution is -0.123. The Morgan fingerprint density at radius 2 is 2.07 bits per heavy atom. The molecule has 156 valence electrons. The fourth-order valence-corrected chi connectivity index (χ4v) is 2.86. The number of nitrogens with one attached hydrogen (secondary N) is 2. The number of ether oxygens (including phenoxy) is 1. The molecule has 1 heterocycles. The molecule has 3 rings (SSSR count). The number of rotatable bonds is 8. The van der Waals surface area contributed by atoms with Gasteiger partial charge in [0.25, 0.3) is 12.3 Å². The van der Waals surface area contributed by atoms with Gasteiger partial charge >= 0.3 is 0 Å². The average Bonchev–Trinajstić information content (AvgIpc) is 2.72. The fourth-order valence-electron chi connectivity index (χ4n) is 2.75. The van der Waals surface area contributed by atoms with Crippen molar-refractivity contribution in [3.8, 4) is 5.75 Å². The van der Waals surface area contributed by atoms with Crippen molar-refractivity contribution in [2.45, 2.75) is 13.3 Å². The summed E-state index contributed by atoms with van der Waals surface area (Å²) in [6.07, 6.45) is -1.33. The maximum absolute atomic E-state index is 13.7. The number of hydrogen-bond acceptors (Lipinski definition) is 7. The molecule has 0 spiro atoms. The predicted molar refractivity (Wildman–Crippen MR) is 108 cm³/mol. The molecule has 1 amide bonds. The number of fused-ring (bicyclic) bond motifs is 1. The summed E-state index contributed by atoms with van der Waals surface area (Å²) >= 11 is 4.73.